The first-order valence-corrected chi connectivity index (χ1v) is 6.30. The second-order valence-corrected chi connectivity index (χ2v) is 5.69. The van der Waals surface area contributed by atoms with E-state index in [-0.39, 0.29) is 5.91 Å². The van der Waals surface area contributed by atoms with Crippen molar-refractivity contribution < 1.29 is 9.90 Å². The van der Waals surface area contributed by atoms with Crippen LogP contribution in [0, 0.1) is 6.92 Å². The van der Waals surface area contributed by atoms with Crippen LogP contribution in [0.4, 0.5) is 0 Å². The molecule has 1 unspecified atom stereocenters. The zero-order chi connectivity index (χ0) is 13.2. The Bertz CT molecular complexity index is 427. The van der Waals surface area contributed by atoms with Gasteiger partial charge in [-0.25, -0.2) is 0 Å². The van der Waals surface area contributed by atoms with Crippen LogP contribution in [0.15, 0.2) is 22.7 Å². The summed E-state index contributed by atoms with van der Waals surface area (Å²) in [6.45, 7) is 7.20. The Balaban J connectivity index is 2.91. The standard InChI is InChI=1S/C13H18BrNO2/c1-8-5-6-10(11(14)7-8)12(17)15-13(3,4)9(2)16/h5-7,9,16H,1-4H3,(H,15,17). The lowest BCUT2D eigenvalue weighted by Crippen LogP contribution is -2.51. The topological polar surface area (TPSA) is 49.3 Å². The van der Waals surface area contributed by atoms with Gasteiger partial charge in [0.15, 0.2) is 0 Å². The fourth-order valence-electron chi connectivity index (χ4n) is 1.27. The Morgan fingerprint density at radius 2 is 2.06 bits per heavy atom. The normalized spacial score (nSPS) is 13.3. The maximum atomic E-state index is 12.0. The monoisotopic (exact) mass is 299 g/mol. The molecule has 0 bridgehead atoms. The molecule has 1 aromatic rings. The van der Waals surface area contributed by atoms with E-state index in [9.17, 15) is 9.90 Å². The van der Waals surface area contributed by atoms with Crippen LogP contribution in [0.2, 0.25) is 0 Å². The van der Waals surface area contributed by atoms with Gasteiger partial charge in [0.2, 0.25) is 0 Å². The number of benzene rings is 1. The molecule has 1 aromatic carbocycles. The minimum Gasteiger partial charge on any atom is -0.391 e. The maximum Gasteiger partial charge on any atom is 0.252 e. The Kier molecular flexibility index (Phi) is 4.33. The van der Waals surface area contributed by atoms with Gasteiger partial charge in [0, 0.05) is 4.47 Å². The van der Waals surface area contributed by atoms with Crippen LogP contribution in [0.5, 0.6) is 0 Å². The number of amides is 1. The largest absolute Gasteiger partial charge is 0.391 e. The Labute approximate surface area is 110 Å². The molecule has 0 heterocycles. The Hall–Kier alpha value is -0.870. The second-order valence-electron chi connectivity index (χ2n) is 4.84. The number of rotatable bonds is 3. The first-order chi connectivity index (χ1) is 7.74. The molecule has 0 aliphatic carbocycles. The quantitative estimate of drug-likeness (QED) is 0.901. The van der Waals surface area contributed by atoms with Crippen LogP contribution >= 0.6 is 15.9 Å². The molecule has 0 aromatic heterocycles. The van der Waals surface area contributed by atoms with Gasteiger partial charge in [-0.15, -0.1) is 0 Å². The van der Waals surface area contributed by atoms with Crippen LogP contribution < -0.4 is 5.32 Å². The summed E-state index contributed by atoms with van der Waals surface area (Å²) in [6, 6.07) is 5.55. The fraction of sp³-hybridized carbons (Fsp3) is 0.462. The van der Waals surface area contributed by atoms with Gasteiger partial charge in [-0.3, -0.25) is 4.79 Å². The second kappa shape index (κ2) is 5.19. The van der Waals surface area contributed by atoms with Crippen molar-refractivity contribution in [3.05, 3.63) is 33.8 Å². The molecular formula is C13H18BrNO2. The highest BCUT2D eigenvalue weighted by molar-refractivity contribution is 9.10. The Morgan fingerprint density at radius 1 is 1.47 bits per heavy atom. The van der Waals surface area contributed by atoms with E-state index < -0.39 is 11.6 Å². The SMILES string of the molecule is Cc1ccc(C(=O)NC(C)(C)C(C)O)c(Br)c1. The van der Waals surface area contributed by atoms with Crippen molar-refractivity contribution in [3.63, 3.8) is 0 Å². The average Bonchev–Trinajstić information content (AvgIpc) is 2.15. The first kappa shape index (κ1) is 14.2. The molecule has 1 rings (SSSR count). The predicted molar refractivity (Wildman–Crippen MR) is 72.1 cm³/mol. The number of hydrogen-bond donors (Lipinski definition) is 2. The molecule has 17 heavy (non-hydrogen) atoms. The lowest BCUT2D eigenvalue weighted by Gasteiger charge is -2.29. The van der Waals surface area contributed by atoms with Crippen molar-refractivity contribution in [2.45, 2.75) is 39.3 Å². The van der Waals surface area contributed by atoms with Crippen molar-refractivity contribution in [1.29, 1.82) is 0 Å². The van der Waals surface area contributed by atoms with Crippen LogP contribution in [0.1, 0.15) is 36.7 Å². The number of halogens is 1. The number of carbonyl (C=O) groups excluding carboxylic acids is 1. The van der Waals surface area contributed by atoms with Gasteiger partial charge in [-0.1, -0.05) is 6.07 Å². The number of aliphatic hydroxyl groups is 1. The van der Waals surface area contributed by atoms with E-state index in [2.05, 4.69) is 21.2 Å². The molecule has 0 saturated heterocycles. The third-order valence-electron chi connectivity index (χ3n) is 2.85. The van der Waals surface area contributed by atoms with E-state index in [1.54, 1.807) is 26.8 Å². The van der Waals surface area contributed by atoms with E-state index in [1.165, 1.54) is 0 Å². The molecule has 0 aliphatic rings. The summed E-state index contributed by atoms with van der Waals surface area (Å²) in [6.07, 6.45) is -0.615. The van der Waals surface area contributed by atoms with Crippen molar-refractivity contribution >= 4 is 21.8 Å². The van der Waals surface area contributed by atoms with Gasteiger partial charge in [-0.2, -0.15) is 0 Å². The van der Waals surface area contributed by atoms with Gasteiger partial charge in [-0.05, 0) is 61.3 Å². The van der Waals surface area contributed by atoms with E-state index in [1.807, 2.05) is 19.1 Å². The van der Waals surface area contributed by atoms with Crippen LogP contribution in [0.3, 0.4) is 0 Å². The highest BCUT2D eigenvalue weighted by Gasteiger charge is 2.27. The lowest BCUT2D eigenvalue weighted by molar-refractivity contribution is 0.0709. The van der Waals surface area contributed by atoms with Gasteiger partial charge in [0.25, 0.3) is 5.91 Å². The first-order valence-electron chi connectivity index (χ1n) is 5.51. The van der Waals surface area contributed by atoms with E-state index in [0.717, 1.165) is 10.0 Å². The molecule has 0 radical (unpaired) electrons. The summed E-state index contributed by atoms with van der Waals surface area (Å²) in [4.78, 5) is 12.0. The molecule has 2 N–H and O–H groups in total. The third kappa shape index (κ3) is 3.54. The van der Waals surface area contributed by atoms with Gasteiger partial charge in [0.1, 0.15) is 0 Å². The summed E-state index contributed by atoms with van der Waals surface area (Å²) in [7, 11) is 0. The number of aliphatic hydroxyl groups excluding tert-OH is 1. The van der Waals surface area contributed by atoms with Crippen molar-refractivity contribution in [3.8, 4) is 0 Å². The van der Waals surface area contributed by atoms with Crippen molar-refractivity contribution in [2.75, 3.05) is 0 Å². The smallest absolute Gasteiger partial charge is 0.252 e. The van der Waals surface area contributed by atoms with E-state index >= 15 is 0 Å². The summed E-state index contributed by atoms with van der Waals surface area (Å²) in [5, 5.41) is 12.4. The Morgan fingerprint density at radius 3 is 2.53 bits per heavy atom. The summed E-state index contributed by atoms with van der Waals surface area (Å²) < 4.78 is 0.761. The van der Waals surface area contributed by atoms with Gasteiger partial charge in [0.05, 0.1) is 17.2 Å². The molecule has 3 nitrogen and oxygen atoms in total. The molecular weight excluding hydrogens is 282 g/mol. The summed E-state index contributed by atoms with van der Waals surface area (Å²) >= 11 is 3.37. The summed E-state index contributed by atoms with van der Waals surface area (Å²) in [5.74, 6) is -0.192. The molecule has 0 spiro atoms. The van der Waals surface area contributed by atoms with Gasteiger partial charge < -0.3 is 10.4 Å². The average molecular weight is 300 g/mol. The van der Waals surface area contributed by atoms with Crippen LogP contribution in [-0.2, 0) is 0 Å². The van der Waals surface area contributed by atoms with Crippen LogP contribution in [0.25, 0.3) is 0 Å². The maximum absolute atomic E-state index is 12.0. The fourth-order valence-corrected chi connectivity index (χ4v) is 1.94. The molecule has 4 heteroatoms. The van der Waals surface area contributed by atoms with Crippen LogP contribution in [-0.4, -0.2) is 22.7 Å². The minimum atomic E-state index is -0.651. The molecule has 1 amide bonds. The number of carbonyl (C=O) groups is 1. The highest BCUT2D eigenvalue weighted by Crippen LogP contribution is 2.19. The molecule has 94 valence electrons. The van der Waals surface area contributed by atoms with Crippen molar-refractivity contribution in [1.82, 2.24) is 5.32 Å². The van der Waals surface area contributed by atoms with E-state index in [4.69, 9.17) is 0 Å². The van der Waals surface area contributed by atoms with E-state index in [0.29, 0.717) is 5.56 Å². The number of hydrogen-bond acceptors (Lipinski definition) is 2. The molecule has 0 aliphatic heterocycles. The van der Waals surface area contributed by atoms with Gasteiger partial charge >= 0.3 is 0 Å². The highest BCUT2D eigenvalue weighted by atomic mass is 79.9. The number of aryl methyl sites for hydroxylation is 1. The molecule has 0 saturated carbocycles. The van der Waals surface area contributed by atoms with Crippen molar-refractivity contribution in [2.24, 2.45) is 0 Å². The lowest BCUT2D eigenvalue weighted by atomic mass is 9.98. The summed E-state index contributed by atoms with van der Waals surface area (Å²) in [5.41, 5.74) is 1.01. The minimum absolute atomic E-state index is 0.192. The zero-order valence-electron chi connectivity index (χ0n) is 10.5. The number of nitrogens with one attached hydrogen (secondary N) is 1. The third-order valence-corrected chi connectivity index (χ3v) is 3.51. The molecule has 0 fully saturated rings. The zero-order valence-corrected chi connectivity index (χ0v) is 12.1. The predicted octanol–water partition coefficient (Wildman–Crippen LogP) is 2.65. The molecule has 1 atom stereocenters.